The van der Waals surface area contributed by atoms with E-state index in [2.05, 4.69) is 21.2 Å². The average Bonchev–Trinajstić information content (AvgIpc) is 2.13. The number of hydrogen-bond donors (Lipinski definition) is 1. The van der Waals surface area contributed by atoms with Crippen molar-refractivity contribution in [3.63, 3.8) is 0 Å². The summed E-state index contributed by atoms with van der Waals surface area (Å²) in [5.41, 5.74) is 2.14. The minimum absolute atomic E-state index is 0.211. The fraction of sp³-hybridized carbons (Fsp3) is 0.300. The third-order valence-corrected chi connectivity index (χ3v) is 2.52. The summed E-state index contributed by atoms with van der Waals surface area (Å²) in [7, 11) is 1.78. The van der Waals surface area contributed by atoms with Crippen molar-refractivity contribution in [3.8, 4) is 0 Å². The van der Waals surface area contributed by atoms with E-state index in [1.54, 1.807) is 7.05 Å². The Kier molecular flexibility index (Phi) is 3.63. The highest BCUT2D eigenvalue weighted by molar-refractivity contribution is 9.10. The third-order valence-electron chi connectivity index (χ3n) is 2.02. The molecular formula is C10H12BrNO. The van der Waals surface area contributed by atoms with E-state index >= 15 is 0 Å². The van der Waals surface area contributed by atoms with E-state index < -0.39 is 0 Å². The van der Waals surface area contributed by atoms with Gasteiger partial charge in [-0.05, 0) is 37.2 Å². The first-order valence-electron chi connectivity index (χ1n) is 4.07. The Bertz CT molecular complexity index is 312. The lowest BCUT2D eigenvalue weighted by molar-refractivity contribution is -0.109. The highest BCUT2D eigenvalue weighted by atomic mass is 79.9. The van der Waals surface area contributed by atoms with Gasteiger partial charge in [-0.3, -0.25) is 0 Å². The van der Waals surface area contributed by atoms with E-state index in [0.29, 0.717) is 0 Å². The fourth-order valence-electron chi connectivity index (χ4n) is 1.24. The molecule has 0 aliphatic heterocycles. The molecule has 1 aromatic rings. The standard InChI is InChI=1S/C10H12BrNO/c1-7-3-4-8(11)5-9(7)10(6-13)12-2/h3-6,10,12H,1-2H3. The molecule has 0 radical (unpaired) electrons. The Hall–Kier alpha value is -0.670. The summed E-state index contributed by atoms with van der Waals surface area (Å²) in [5.74, 6) is 0. The van der Waals surface area contributed by atoms with Crippen LogP contribution in [0.4, 0.5) is 0 Å². The number of carbonyl (C=O) groups is 1. The molecule has 0 spiro atoms. The van der Waals surface area contributed by atoms with Crippen LogP contribution in [0.15, 0.2) is 22.7 Å². The van der Waals surface area contributed by atoms with Crippen molar-refractivity contribution in [2.24, 2.45) is 0 Å². The van der Waals surface area contributed by atoms with Gasteiger partial charge in [-0.15, -0.1) is 0 Å². The molecule has 0 amide bonds. The Morgan fingerprint density at radius 3 is 2.77 bits per heavy atom. The summed E-state index contributed by atoms with van der Waals surface area (Å²) in [6.45, 7) is 2.00. The third kappa shape index (κ3) is 2.39. The number of likely N-dealkylation sites (N-methyl/N-ethyl adjacent to an activating group) is 1. The van der Waals surface area contributed by atoms with E-state index in [9.17, 15) is 4.79 Å². The summed E-state index contributed by atoms with van der Waals surface area (Å²) in [4.78, 5) is 10.7. The number of aldehydes is 1. The molecule has 0 aliphatic carbocycles. The van der Waals surface area contributed by atoms with Crippen molar-refractivity contribution >= 4 is 22.2 Å². The van der Waals surface area contributed by atoms with Crippen LogP contribution in [0.1, 0.15) is 17.2 Å². The lowest BCUT2D eigenvalue weighted by atomic mass is 10.0. The van der Waals surface area contributed by atoms with Crippen LogP contribution in [-0.4, -0.2) is 13.3 Å². The second-order valence-corrected chi connectivity index (χ2v) is 3.82. The Morgan fingerprint density at radius 1 is 1.54 bits per heavy atom. The second kappa shape index (κ2) is 4.53. The van der Waals surface area contributed by atoms with Gasteiger partial charge in [-0.25, -0.2) is 0 Å². The molecule has 13 heavy (non-hydrogen) atoms. The van der Waals surface area contributed by atoms with Crippen LogP contribution in [0.3, 0.4) is 0 Å². The van der Waals surface area contributed by atoms with Crippen LogP contribution >= 0.6 is 15.9 Å². The number of halogens is 1. The molecule has 3 heteroatoms. The molecule has 0 saturated heterocycles. The maximum Gasteiger partial charge on any atom is 0.141 e. The van der Waals surface area contributed by atoms with Gasteiger partial charge in [0.25, 0.3) is 0 Å². The van der Waals surface area contributed by atoms with E-state index in [1.165, 1.54) is 0 Å². The van der Waals surface area contributed by atoms with E-state index in [1.807, 2.05) is 25.1 Å². The van der Waals surface area contributed by atoms with Gasteiger partial charge in [0.1, 0.15) is 6.29 Å². The van der Waals surface area contributed by atoms with Crippen molar-refractivity contribution < 1.29 is 4.79 Å². The number of aryl methyl sites for hydroxylation is 1. The number of carbonyl (C=O) groups excluding carboxylic acids is 1. The first-order valence-corrected chi connectivity index (χ1v) is 4.87. The molecule has 1 aromatic carbocycles. The van der Waals surface area contributed by atoms with E-state index in [-0.39, 0.29) is 6.04 Å². The molecule has 1 unspecified atom stereocenters. The zero-order valence-electron chi connectivity index (χ0n) is 7.67. The molecule has 0 aromatic heterocycles. The van der Waals surface area contributed by atoms with Gasteiger partial charge in [-0.2, -0.15) is 0 Å². The average molecular weight is 242 g/mol. The largest absolute Gasteiger partial charge is 0.307 e. The molecule has 70 valence electrons. The normalized spacial score (nSPS) is 12.5. The van der Waals surface area contributed by atoms with E-state index in [4.69, 9.17) is 0 Å². The Labute approximate surface area is 86.5 Å². The summed E-state index contributed by atoms with van der Waals surface area (Å²) >= 11 is 3.38. The second-order valence-electron chi connectivity index (χ2n) is 2.90. The molecule has 0 fully saturated rings. The SMILES string of the molecule is CNC(C=O)c1cc(Br)ccc1C. The van der Waals surface area contributed by atoms with Gasteiger partial charge in [-0.1, -0.05) is 22.0 Å². The number of rotatable bonds is 3. The van der Waals surface area contributed by atoms with Gasteiger partial charge in [0, 0.05) is 4.47 Å². The van der Waals surface area contributed by atoms with E-state index in [0.717, 1.165) is 21.9 Å². The topological polar surface area (TPSA) is 29.1 Å². The molecule has 0 saturated carbocycles. The van der Waals surface area contributed by atoms with Crippen molar-refractivity contribution in [1.82, 2.24) is 5.32 Å². The predicted octanol–water partition coefficient (Wildman–Crippen LogP) is 2.22. The van der Waals surface area contributed by atoms with Crippen molar-refractivity contribution in [3.05, 3.63) is 33.8 Å². The zero-order valence-corrected chi connectivity index (χ0v) is 9.26. The molecular weight excluding hydrogens is 230 g/mol. The smallest absolute Gasteiger partial charge is 0.141 e. The first kappa shape index (κ1) is 10.4. The van der Waals surface area contributed by atoms with Gasteiger partial charge in [0.15, 0.2) is 0 Å². The van der Waals surface area contributed by atoms with Gasteiger partial charge in [0.05, 0.1) is 6.04 Å². The lowest BCUT2D eigenvalue weighted by Gasteiger charge is -2.12. The quantitative estimate of drug-likeness (QED) is 0.823. The first-order chi connectivity index (χ1) is 6.19. The fourth-order valence-corrected chi connectivity index (χ4v) is 1.62. The van der Waals surface area contributed by atoms with Crippen LogP contribution in [0, 0.1) is 6.92 Å². The van der Waals surface area contributed by atoms with Gasteiger partial charge >= 0.3 is 0 Å². The molecule has 2 nitrogen and oxygen atoms in total. The summed E-state index contributed by atoms with van der Waals surface area (Å²) < 4.78 is 0.996. The monoisotopic (exact) mass is 241 g/mol. The summed E-state index contributed by atoms with van der Waals surface area (Å²) in [5, 5.41) is 2.95. The highest BCUT2D eigenvalue weighted by Gasteiger charge is 2.10. The molecule has 0 bridgehead atoms. The van der Waals surface area contributed by atoms with Crippen molar-refractivity contribution in [2.45, 2.75) is 13.0 Å². The van der Waals surface area contributed by atoms with Crippen LogP contribution in [-0.2, 0) is 4.79 Å². The minimum Gasteiger partial charge on any atom is -0.307 e. The number of hydrogen-bond acceptors (Lipinski definition) is 2. The zero-order chi connectivity index (χ0) is 9.84. The molecule has 1 atom stereocenters. The minimum atomic E-state index is -0.211. The van der Waals surface area contributed by atoms with Crippen molar-refractivity contribution in [1.29, 1.82) is 0 Å². The van der Waals surface area contributed by atoms with Crippen LogP contribution < -0.4 is 5.32 Å². The summed E-state index contributed by atoms with van der Waals surface area (Å²) in [6.07, 6.45) is 0.911. The number of benzene rings is 1. The molecule has 0 aliphatic rings. The molecule has 1 rings (SSSR count). The lowest BCUT2D eigenvalue weighted by Crippen LogP contribution is -2.18. The molecule has 0 heterocycles. The predicted molar refractivity (Wildman–Crippen MR) is 56.7 cm³/mol. The number of nitrogens with one attached hydrogen (secondary N) is 1. The van der Waals surface area contributed by atoms with Crippen LogP contribution in [0.25, 0.3) is 0 Å². The van der Waals surface area contributed by atoms with Gasteiger partial charge < -0.3 is 10.1 Å². The maximum absolute atomic E-state index is 10.7. The Balaban J connectivity index is 3.10. The summed E-state index contributed by atoms with van der Waals surface area (Å²) in [6, 6.07) is 5.71. The van der Waals surface area contributed by atoms with Crippen LogP contribution in [0.5, 0.6) is 0 Å². The van der Waals surface area contributed by atoms with Gasteiger partial charge in [0.2, 0.25) is 0 Å². The Morgan fingerprint density at radius 2 is 2.23 bits per heavy atom. The highest BCUT2D eigenvalue weighted by Crippen LogP contribution is 2.20. The van der Waals surface area contributed by atoms with Crippen molar-refractivity contribution in [2.75, 3.05) is 7.05 Å². The molecule has 1 N–H and O–H groups in total. The maximum atomic E-state index is 10.7. The van der Waals surface area contributed by atoms with Crippen LogP contribution in [0.2, 0.25) is 0 Å².